The van der Waals surface area contributed by atoms with Crippen LogP contribution in [0.25, 0.3) is 0 Å². The summed E-state index contributed by atoms with van der Waals surface area (Å²) in [5.74, 6) is 0.145. The van der Waals surface area contributed by atoms with Gasteiger partial charge < -0.3 is 5.32 Å². The molecule has 0 bridgehead atoms. The van der Waals surface area contributed by atoms with Crippen molar-refractivity contribution in [2.24, 2.45) is 0 Å². The third kappa shape index (κ3) is 4.30. The Morgan fingerprint density at radius 2 is 1.88 bits per heavy atom. The highest BCUT2D eigenvalue weighted by Gasteiger charge is 2.28. The highest BCUT2D eigenvalue weighted by molar-refractivity contribution is 8.01. The molecular weight excluding hydrogens is 351 g/mol. The van der Waals surface area contributed by atoms with Gasteiger partial charge in [-0.25, -0.2) is 4.39 Å². The number of hydrogen-bond donors (Lipinski definition) is 1. The number of benzene rings is 1. The van der Waals surface area contributed by atoms with Gasteiger partial charge in [0.2, 0.25) is 16.9 Å². The van der Waals surface area contributed by atoms with Crippen molar-refractivity contribution in [1.29, 1.82) is 0 Å². The minimum atomic E-state index is -0.261. The van der Waals surface area contributed by atoms with Gasteiger partial charge in [-0.15, -0.1) is 10.2 Å². The summed E-state index contributed by atoms with van der Waals surface area (Å²) in [5, 5.41) is 11.9. The van der Waals surface area contributed by atoms with E-state index < -0.39 is 0 Å². The van der Waals surface area contributed by atoms with Crippen LogP contribution in [0, 0.1) is 5.82 Å². The zero-order valence-electron chi connectivity index (χ0n) is 12.7. The molecule has 1 N–H and O–H groups in total. The van der Waals surface area contributed by atoms with Crippen molar-refractivity contribution in [1.82, 2.24) is 15.1 Å². The van der Waals surface area contributed by atoms with Crippen LogP contribution in [0.2, 0.25) is 0 Å². The first kappa shape index (κ1) is 16.8. The molecule has 1 saturated heterocycles. The van der Waals surface area contributed by atoms with Crippen molar-refractivity contribution in [3.8, 4) is 0 Å². The van der Waals surface area contributed by atoms with Crippen LogP contribution >= 0.6 is 23.1 Å². The highest BCUT2D eigenvalue weighted by Crippen LogP contribution is 2.26. The predicted molar refractivity (Wildman–Crippen MR) is 90.3 cm³/mol. The molecule has 126 valence electrons. The van der Waals surface area contributed by atoms with Crippen LogP contribution in [0.15, 0.2) is 28.6 Å². The Balaban J connectivity index is 1.44. The first-order valence-corrected chi connectivity index (χ1v) is 9.20. The SMILES string of the molecule is O=C1CCC(=O)N1CCSc1nnc(NCc2ccc(F)cc2)s1. The number of likely N-dealkylation sites (tertiary alicyclic amines) is 1. The monoisotopic (exact) mass is 366 g/mol. The van der Waals surface area contributed by atoms with Gasteiger partial charge in [0.1, 0.15) is 5.82 Å². The van der Waals surface area contributed by atoms with E-state index in [1.165, 1.54) is 40.1 Å². The second-order valence-electron chi connectivity index (χ2n) is 5.14. The first-order valence-electron chi connectivity index (χ1n) is 7.39. The molecule has 0 radical (unpaired) electrons. The Bertz CT molecular complexity index is 719. The van der Waals surface area contributed by atoms with E-state index in [9.17, 15) is 14.0 Å². The van der Waals surface area contributed by atoms with Gasteiger partial charge in [0, 0.05) is 31.7 Å². The van der Waals surface area contributed by atoms with Gasteiger partial charge >= 0.3 is 0 Å². The summed E-state index contributed by atoms with van der Waals surface area (Å²) >= 11 is 2.87. The average Bonchev–Trinajstić information content (AvgIpc) is 3.15. The van der Waals surface area contributed by atoms with E-state index in [0.717, 1.165) is 9.90 Å². The van der Waals surface area contributed by atoms with E-state index in [1.54, 1.807) is 12.1 Å². The number of rotatable bonds is 7. The molecule has 1 aromatic carbocycles. The number of aromatic nitrogens is 2. The standard InChI is InChI=1S/C15H15FN4O2S2/c16-11-3-1-10(2-4-11)9-17-14-18-19-15(24-14)23-8-7-20-12(21)5-6-13(20)22/h1-4H,5-9H2,(H,17,18). The lowest BCUT2D eigenvalue weighted by Crippen LogP contribution is -2.31. The largest absolute Gasteiger partial charge is 0.356 e. The van der Waals surface area contributed by atoms with Crippen molar-refractivity contribution in [2.75, 3.05) is 17.6 Å². The van der Waals surface area contributed by atoms with Crippen molar-refractivity contribution in [2.45, 2.75) is 23.7 Å². The Morgan fingerprint density at radius 3 is 2.58 bits per heavy atom. The molecule has 2 heterocycles. The summed E-state index contributed by atoms with van der Waals surface area (Å²) in [5.41, 5.74) is 0.951. The summed E-state index contributed by atoms with van der Waals surface area (Å²) in [6, 6.07) is 6.25. The Kier molecular flexibility index (Phi) is 5.41. The summed E-state index contributed by atoms with van der Waals surface area (Å²) in [4.78, 5) is 24.3. The zero-order valence-corrected chi connectivity index (χ0v) is 14.3. The van der Waals surface area contributed by atoms with Crippen LogP contribution in [0.1, 0.15) is 18.4 Å². The fourth-order valence-corrected chi connectivity index (χ4v) is 3.96. The highest BCUT2D eigenvalue weighted by atomic mass is 32.2. The molecule has 3 rings (SSSR count). The summed E-state index contributed by atoms with van der Waals surface area (Å²) < 4.78 is 13.6. The van der Waals surface area contributed by atoms with E-state index in [0.29, 0.717) is 36.8 Å². The number of hydrogen-bond acceptors (Lipinski definition) is 7. The number of nitrogens with zero attached hydrogens (tertiary/aromatic N) is 3. The van der Waals surface area contributed by atoms with Gasteiger partial charge in [-0.3, -0.25) is 14.5 Å². The number of anilines is 1. The Hall–Kier alpha value is -2.00. The quantitative estimate of drug-likeness (QED) is 0.599. The van der Waals surface area contributed by atoms with E-state index >= 15 is 0 Å². The number of imide groups is 1. The molecule has 2 amide bonds. The van der Waals surface area contributed by atoms with E-state index in [2.05, 4.69) is 15.5 Å². The van der Waals surface area contributed by atoms with Crippen molar-refractivity contribution in [3.63, 3.8) is 0 Å². The van der Waals surface area contributed by atoms with Gasteiger partial charge in [0.15, 0.2) is 4.34 Å². The van der Waals surface area contributed by atoms with Crippen LogP contribution in [-0.2, 0) is 16.1 Å². The number of carbonyl (C=O) groups is 2. The lowest BCUT2D eigenvalue weighted by molar-refractivity contribution is -0.137. The fourth-order valence-electron chi connectivity index (χ4n) is 2.22. The smallest absolute Gasteiger partial charge is 0.229 e. The van der Waals surface area contributed by atoms with E-state index in [-0.39, 0.29) is 17.6 Å². The van der Waals surface area contributed by atoms with Crippen LogP contribution in [-0.4, -0.2) is 39.2 Å². The van der Waals surface area contributed by atoms with Crippen molar-refractivity contribution < 1.29 is 14.0 Å². The van der Waals surface area contributed by atoms with E-state index in [1.807, 2.05) is 0 Å². The van der Waals surface area contributed by atoms with Crippen LogP contribution in [0.5, 0.6) is 0 Å². The van der Waals surface area contributed by atoms with Crippen molar-refractivity contribution >= 4 is 40.0 Å². The summed E-state index contributed by atoms with van der Waals surface area (Å²) in [7, 11) is 0. The summed E-state index contributed by atoms with van der Waals surface area (Å²) in [6.45, 7) is 0.941. The molecule has 1 fully saturated rings. The molecule has 6 nitrogen and oxygen atoms in total. The lowest BCUT2D eigenvalue weighted by Gasteiger charge is -2.11. The molecule has 0 atom stereocenters. The Labute approximate surface area is 146 Å². The summed E-state index contributed by atoms with van der Waals surface area (Å²) in [6.07, 6.45) is 0.638. The lowest BCUT2D eigenvalue weighted by atomic mass is 10.2. The maximum Gasteiger partial charge on any atom is 0.229 e. The second kappa shape index (κ2) is 7.71. The van der Waals surface area contributed by atoms with Gasteiger partial charge in [-0.1, -0.05) is 35.2 Å². The molecule has 2 aromatic rings. The van der Waals surface area contributed by atoms with Gasteiger partial charge in [0.25, 0.3) is 0 Å². The molecule has 1 aliphatic heterocycles. The number of carbonyl (C=O) groups excluding carboxylic acids is 2. The predicted octanol–water partition coefficient (Wildman–Crippen LogP) is 2.53. The van der Waals surface area contributed by atoms with Crippen molar-refractivity contribution in [3.05, 3.63) is 35.6 Å². The topological polar surface area (TPSA) is 75.2 Å². The zero-order chi connectivity index (χ0) is 16.9. The second-order valence-corrected chi connectivity index (χ2v) is 7.46. The molecule has 1 aliphatic rings. The van der Waals surface area contributed by atoms with Crippen LogP contribution in [0.4, 0.5) is 9.52 Å². The third-order valence-corrected chi connectivity index (χ3v) is 5.45. The number of amides is 2. The molecule has 0 unspecified atom stereocenters. The maximum absolute atomic E-state index is 12.8. The number of halogens is 1. The molecule has 24 heavy (non-hydrogen) atoms. The molecule has 9 heteroatoms. The number of nitrogens with one attached hydrogen (secondary N) is 1. The minimum Gasteiger partial charge on any atom is -0.356 e. The third-order valence-electron chi connectivity index (χ3n) is 3.46. The van der Waals surface area contributed by atoms with Gasteiger partial charge in [-0.05, 0) is 17.7 Å². The molecule has 0 saturated carbocycles. The molecule has 0 aliphatic carbocycles. The van der Waals surface area contributed by atoms with Crippen LogP contribution in [0.3, 0.4) is 0 Å². The van der Waals surface area contributed by atoms with Gasteiger partial charge in [0.05, 0.1) is 0 Å². The fraction of sp³-hybridized carbons (Fsp3) is 0.333. The minimum absolute atomic E-state index is 0.0977. The number of thioether (sulfide) groups is 1. The first-order chi connectivity index (χ1) is 11.6. The average molecular weight is 366 g/mol. The van der Waals surface area contributed by atoms with E-state index in [4.69, 9.17) is 0 Å². The maximum atomic E-state index is 12.8. The molecule has 0 spiro atoms. The molecular formula is C15H15FN4O2S2. The Morgan fingerprint density at radius 1 is 1.17 bits per heavy atom. The van der Waals surface area contributed by atoms with Crippen LogP contribution < -0.4 is 5.32 Å². The van der Waals surface area contributed by atoms with Gasteiger partial charge in [-0.2, -0.15) is 0 Å². The normalized spacial score (nSPS) is 14.5. The molecule has 1 aromatic heterocycles.